The first-order valence-corrected chi connectivity index (χ1v) is 5.60. The van der Waals surface area contributed by atoms with E-state index in [1.54, 1.807) is 13.8 Å². The molecule has 0 amide bonds. The molecule has 0 bridgehead atoms. The van der Waals surface area contributed by atoms with Gasteiger partial charge in [-0.1, -0.05) is 6.07 Å². The van der Waals surface area contributed by atoms with Gasteiger partial charge in [0.25, 0.3) is 0 Å². The highest BCUT2D eigenvalue weighted by Gasteiger charge is 2.05. The molecular formula is C13H20O3. The molecule has 2 N–H and O–H groups in total. The quantitative estimate of drug-likeness (QED) is 0.806. The molecule has 0 heterocycles. The van der Waals surface area contributed by atoms with Crippen LogP contribution in [0, 0.1) is 6.92 Å². The van der Waals surface area contributed by atoms with E-state index in [1.807, 2.05) is 25.1 Å². The summed E-state index contributed by atoms with van der Waals surface area (Å²) in [4.78, 5) is 0. The standard InChI is InChI=1S/C13H20O3/c1-9-8-12(11(3)15)4-5-13(9)16-7-6-10(2)14/h4-5,8,10-11,14-15H,6-7H2,1-3H3/t10?,11-/m0/s1. The summed E-state index contributed by atoms with van der Waals surface area (Å²) in [6, 6.07) is 5.64. The van der Waals surface area contributed by atoms with Gasteiger partial charge in [0.1, 0.15) is 5.75 Å². The van der Waals surface area contributed by atoms with E-state index in [1.165, 1.54) is 0 Å². The van der Waals surface area contributed by atoms with Gasteiger partial charge in [0.15, 0.2) is 0 Å². The Kier molecular flexibility index (Phi) is 4.77. The van der Waals surface area contributed by atoms with Crippen LogP contribution in [-0.4, -0.2) is 22.9 Å². The first-order valence-electron chi connectivity index (χ1n) is 5.60. The van der Waals surface area contributed by atoms with Crippen LogP contribution in [0.1, 0.15) is 37.5 Å². The number of ether oxygens (including phenoxy) is 1. The fraction of sp³-hybridized carbons (Fsp3) is 0.538. The van der Waals surface area contributed by atoms with Gasteiger partial charge in [0.05, 0.1) is 18.8 Å². The number of benzene rings is 1. The van der Waals surface area contributed by atoms with Crippen molar-refractivity contribution in [3.8, 4) is 5.75 Å². The number of rotatable bonds is 5. The zero-order valence-electron chi connectivity index (χ0n) is 10.1. The van der Waals surface area contributed by atoms with Gasteiger partial charge in [-0.15, -0.1) is 0 Å². The summed E-state index contributed by atoms with van der Waals surface area (Å²) < 4.78 is 5.54. The molecule has 0 fully saturated rings. The predicted octanol–water partition coefficient (Wildman–Crippen LogP) is 2.20. The van der Waals surface area contributed by atoms with E-state index in [-0.39, 0.29) is 6.10 Å². The van der Waals surface area contributed by atoms with Gasteiger partial charge in [0, 0.05) is 6.42 Å². The van der Waals surface area contributed by atoms with E-state index in [2.05, 4.69) is 0 Å². The average molecular weight is 224 g/mol. The van der Waals surface area contributed by atoms with E-state index in [0.717, 1.165) is 16.9 Å². The van der Waals surface area contributed by atoms with Crippen molar-refractivity contribution in [2.75, 3.05) is 6.61 Å². The van der Waals surface area contributed by atoms with Crippen LogP contribution in [-0.2, 0) is 0 Å². The van der Waals surface area contributed by atoms with Crippen LogP contribution < -0.4 is 4.74 Å². The monoisotopic (exact) mass is 224 g/mol. The SMILES string of the molecule is Cc1cc([C@H](C)O)ccc1OCCC(C)O. The van der Waals surface area contributed by atoms with E-state index in [4.69, 9.17) is 9.84 Å². The third-order valence-corrected chi connectivity index (χ3v) is 2.47. The van der Waals surface area contributed by atoms with E-state index >= 15 is 0 Å². The molecule has 0 aromatic heterocycles. The zero-order chi connectivity index (χ0) is 12.1. The third kappa shape index (κ3) is 3.83. The molecule has 1 aromatic rings. The van der Waals surface area contributed by atoms with Crippen molar-refractivity contribution < 1.29 is 14.9 Å². The summed E-state index contributed by atoms with van der Waals surface area (Å²) in [5, 5.41) is 18.5. The molecular weight excluding hydrogens is 204 g/mol. The molecule has 16 heavy (non-hydrogen) atoms. The summed E-state index contributed by atoms with van der Waals surface area (Å²) >= 11 is 0. The molecule has 0 saturated heterocycles. The molecule has 0 saturated carbocycles. The first-order chi connectivity index (χ1) is 7.50. The Morgan fingerprint density at radius 2 is 1.94 bits per heavy atom. The Balaban J connectivity index is 2.61. The molecule has 1 rings (SSSR count). The molecule has 1 aromatic carbocycles. The van der Waals surface area contributed by atoms with Crippen LogP contribution in [0.4, 0.5) is 0 Å². The fourth-order valence-electron chi connectivity index (χ4n) is 1.43. The van der Waals surface area contributed by atoms with Crippen LogP contribution in [0.5, 0.6) is 5.75 Å². The highest BCUT2D eigenvalue weighted by molar-refractivity contribution is 5.36. The Labute approximate surface area is 96.7 Å². The lowest BCUT2D eigenvalue weighted by atomic mass is 10.1. The van der Waals surface area contributed by atoms with Crippen LogP contribution in [0.25, 0.3) is 0 Å². The molecule has 1 unspecified atom stereocenters. The molecule has 3 heteroatoms. The fourth-order valence-corrected chi connectivity index (χ4v) is 1.43. The maximum atomic E-state index is 9.41. The molecule has 0 radical (unpaired) electrons. The molecule has 0 aliphatic carbocycles. The van der Waals surface area contributed by atoms with Crippen LogP contribution >= 0.6 is 0 Å². The molecule has 0 aliphatic rings. The Bertz CT molecular complexity index is 332. The van der Waals surface area contributed by atoms with Gasteiger partial charge in [-0.2, -0.15) is 0 Å². The number of aliphatic hydroxyl groups excluding tert-OH is 2. The first kappa shape index (κ1) is 13.0. The summed E-state index contributed by atoms with van der Waals surface area (Å²) in [7, 11) is 0. The van der Waals surface area contributed by atoms with Crippen molar-refractivity contribution in [2.45, 2.75) is 39.4 Å². The largest absolute Gasteiger partial charge is 0.493 e. The minimum Gasteiger partial charge on any atom is -0.493 e. The van der Waals surface area contributed by atoms with E-state index in [9.17, 15) is 5.11 Å². The van der Waals surface area contributed by atoms with Gasteiger partial charge in [-0.05, 0) is 44.0 Å². The second-order valence-corrected chi connectivity index (χ2v) is 4.19. The van der Waals surface area contributed by atoms with Gasteiger partial charge in [-0.3, -0.25) is 0 Å². The lowest BCUT2D eigenvalue weighted by Gasteiger charge is -2.12. The predicted molar refractivity (Wildman–Crippen MR) is 63.6 cm³/mol. The average Bonchev–Trinajstić information content (AvgIpc) is 2.19. The van der Waals surface area contributed by atoms with Crippen molar-refractivity contribution >= 4 is 0 Å². The highest BCUT2D eigenvalue weighted by Crippen LogP contribution is 2.22. The maximum Gasteiger partial charge on any atom is 0.122 e. The van der Waals surface area contributed by atoms with Crippen molar-refractivity contribution in [1.82, 2.24) is 0 Å². The third-order valence-electron chi connectivity index (χ3n) is 2.47. The number of aliphatic hydroxyl groups is 2. The number of hydrogen-bond donors (Lipinski definition) is 2. The molecule has 2 atom stereocenters. The van der Waals surface area contributed by atoms with Crippen LogP contribution in [0.3, 0.4) is 0 Å². The normalized spacial score (nSPS) is 14.6. The van der Waals surface area contributed by atoms with Crippen molar-refractivity contribution in [3.63, 3.8) is 0 Å². The van der Waals surface area contributed by atoms with Crippen molar-refractivity contribution in [3.05, 3.63) is 29.3 Å². The Hall–Kier alpha value is -1.06. The van der Waals surface area contributed by atoms with Crippen LogP contribution in [0.15, 0.2) is 18.2 Å². The van der Waals surface area contributed by atoms with E-state index < -0.39 is 6.10 Å². The number of hydrogen-bond acceptors (Lipinski definition) is 3. The highest BCUT2D eigenvalue weighted by atomic mass is 16.5. The van der Waals surface area contributed by atoms with Crippen molar-refractivity contribution in [2.24, 2.45) is 0 Å². The zero-order valence-corrected chi connectivity index (χ0v) is 10.1. The molecule has 3 nitrogen and oxygen atoms in total. The Morgan fingerprint density at radius 3 is 2.44 bits per heavy atom. The summed E-state index contributed by atoms with van der Waals surface area (Å²) in [5.74, 6) is 0.810. The lowest BCUT2D eigenvalue weighted by molar-refractivity contribution is 0.155. The van der Waals surface area contributed by atoms with Crippen LogP contribution in [0.2, 0.25) is 0 Å². The molecule has 90 valence electrons. The van der Waals surface area contributed by atoms with Gasteiger partial charge < -0.3 is 14.9 Å². The summed E-state index contributed by atoms with van der Waals surface area (Å²) in [6.45, 7) is 5.94. The topological polar surface area (TPSA) is 49.7 Å². The second-order valence-electron chi connectivity index (χ2n) is 4.19. The van der Waals surface area contributed by atoms with Gasteiger partial charge >= 0.3 is 0 Å². The van der Waals surface area contributed by atoms with Crippen molar-refractivity contribution in [1.29, 1.82) is 0 Å². The summed E-state index contributed by atoms with van der Waals surface area (Å²) in [5.41, 5.74) is 1.89. The molecule has 0 spiro atoms. The lowest BCUT2D eigenvalue weighted by Crippen LogP contribution is -2.08. The Morgan fingerprint density at radius 1 is 1.25 bits per heavy atom. The maximum absolute atomic E-state index is 9.41. The van der Waals surface area contributed by atoms with E-state index in [0.29, 0.717) is 13.0 Å². The molecule has 0 aliphatic heterocycles. The van der Waals surface area contributed by atoms with Gasteiger partial charge in [-0.25, -0.2) is 0 Å². The summed E-state index contributed by atoms with van der Waals surface area (Å²) in [6.07, 6.45) is -0.167. The smallest absolute Gasteiger partial charge is 0.122 e. The minimum absolute atomic E-state index is 0.336. The second kappa shape index (κ2) is 5.87. The number of aryl methyl sites for hydroxylation is 1. The minimum atomic E-state index is -0.454. The van der Waals surface area contributed by atoms with Gasteiger partial charge in [0.2, 0.25) is 0 Å².